The molecule has 0 bridgehead atoms. The van der Waals surface area contributed by atoms with E-state index in [9.17, 15) is 14.4 Å². The van der Waals surface area contributed by atoms with Gasteiger partial charge < -0.3 is 10.6 Å². The van der Waals surface area contributed by atoms with Gasteiger partial charge in [-0.1, -0.05) is 0 Å². The van der Waals surface area contributed by atoms with E-state index < -0.39 is 0 Å². The Balaban J connectivity index is 4.27. The van der Waals surface area contributed by atoms with Crippen LogP contribution in [-0.2, 0) is 14.4 Å². The zero-order valence-corrected chi connectivity index (χ0v) is 10.7. The zero-order chi connectivity index (χ0) is 13.3. The van der Waals surface area contributed by atoms with Crippen molar-refractivity contribution in [2.45, 2.75) is 20.8 Å². The van der Waals surface area contributed by atoms with E-state index in [-0.39, 0.29) is 37.2 Å². The van der Waals surface area contributed by atoms with Gasteiger partial charge in [0.15, 0.2) is 0 Å². The van der Waals surface area contributed by atoms with Crippen LogP contribution >= 0.6 is 0 Å². The molecular formula is C11H21N3O3. The summed E-state index contributed by atoms with van der Waals surface area (Å²) in [5.41, 5.74) is 0. The summed E-state index contributed by atoms with van der Waals surface area (Å²) in [7, 11) is 0. The number of rotatable bonds is 8. The molecule has 6 nitrogen and oxygen atoms in total. The van der Waals surface area contributed by atoms with Gasteiger partial charge in [-0.05, 0) is 20.8 Å². The largest absolute Gasteiger partial charge is 0.355 e. The maximum atomic E-state index is 11.4. The van der Waals surface area contributed by atoms with Crippen molar-refractivity contribution >= 4 is 17.6 Å². The van der Waals surface area contributed by atoms with Gasteiger partial charge in [-0.3, -0.25) is 19.3 Å². The normalized spacial score (nSPS) is 10.1. The van der Waals surface area contributed by atoms with Crippen molar-refractivity contribution in [3.05, 3.63) is 0 Å². The highest BCUT2D eigenvalue weighted by Crippen LogP contribution is 1.89. The molecule has 0 aliphatic heterocycles. The summed E-state index contributed by atoms with van der Waals surface area (Å²) in [4.78, 5) is 35.3. The van der Waals surface area contributed by atoms with Crippen LogP contribution in [0.15, 0.2) is 0 Å². The van der Waals surface area contributed by atoms with Gasteiger partial charge in [0.1, 0.15) is 5.78 Å². The smallest absolute Gasteiger partial charge is 0.234 e. The fourth-order valence-electron chi connectivity index (χ4n) is 1.39. The third-order valence-corrected chi connectivity index (χ3v) is 1.93. The molecule has 0 saturated carbocycles. The van der Waals surface area contributed by atoms with Crippen LogP contribution in [0.2, 0.25) is 0 Å². The number of likely N-dealkylation sites (N-methyl/N-ethyl adjacent to an activating group) is 2. The Morgan fingerprint density at radius 2 is 1.29 bits per heavy atom. The molecule has 0 aliphatic rings. The summed E-state index contributed by atoms with van der Waals surface area (Å²) >= 11 is 0. The number of Topliss-reactive ketones (excluding diaryl/α,β-unsaturated/α-hetero) is 1. The summed E-state index contributed by atoms with van der Waals surface area (Å²) in [5, 5.41) is 5.26. The van der Waals surface area contributed by atoms with E-state index >= 15 is 0 Å². The Kier molecular flexibility index (Phi) is 7.96. The van der Waals surface area contributed by atoms with Crippen molar-refractivity contribution in [2.24, 2.45) is 0 Å². The van der Waals surface area contributed by atoms with Crippen molar-refractivity contribution in [2.75, 3.05) is 32.7 Å². The van der Waals surface area contributed by atoms with Crippen LogP contribution in [0.4, 0.5) is 0 Å². The van der Waals surface area contributed by atoms with Gasteiger partial charge in [0.25, 0.3) is 0 Å². The second-order valence-electron chi connectivity index (χ2n) is 3.75. The van der Waals surface area contributed by atoms with E-state index in [1.54, 1.807) is 0 Å². The van der Waals surface area contributed by atoms with Crippen molar-refractivity contribution in [1.82, 2.24) is 15.5 Å². The number of nitrogens with zero attached hydrogens (tertiary/aromatic N) is 1. The van der Waals surface area contributed by atoms with Crippen LogP contribution < -0.4 is 10.6 Å². The van der Waals surface area contributed by atoms with Crippen LogP contribution in [0.25, 0.3) is 0 Å². The number of amides is 2. The summed E-state index contributed by atoms with van der Waals surface area (Å²) in [5.74, 6) is -0.435. The highest BCUT2D eigenvalue weighted by Gasteiger charge is 2.15. The third-order valence-electron chi connectivity index (χ3n) is 1.93. The maximum Gasteiger partial charge on any atom is 0.234 e. The minimum Gasteiger partial charge on any atom is -0.355 e. The van der Waals surface area contributed by atoms with E-state index in [1.165, 1.54) is 11.8 Å². The van der Waals surface area contributed by atoms with Crippen molar-refractivity contribution in [3.8, 4) is 0 Å². The fraction of sp³-hybridized carbons (Fsp3) is 0.727. The highest BCUT2D eigenvalue weighted by atomic mass is 16.2. The molecule has 0 fully saturated rings. The average Bonchev–Trinajstić information content (AvgIpc) is 2.16. The molecule has 0 radical (unpaired) electrons. The Morgan fingerprint density at radius 3 is 1.59 bits per heavy atom. The molecule has 0 saturated heterocycles. The lowest BCUT2D eigenvalue weighted by atomic mass is 10.3. The monoisotopic (exact) mass is 243 g/mol. The summed E-state index contributed by atoms with van der Waals surface area (Å²) in [6.45, 7) is 6.36. The molecule has 2 N–H and O–H groups in total. The molecule has 0 spiro atoms. The molecule has 98 valence electrons. The number of carbonyl (C=O) groups excluding carboxylic acids is 3. The molecule has 6 heteroatoms. The molecule has 0 unspecified atom stereocenters. The minimum atomic E-state index is -0.182. The minimum absolute atomic E-state index is 0.0601. The van der Waals surface area contributed by atoms with Gasteiger partial charge in [0.05, 0.1) is 19.6 Å². The molecular weight excluding hydrogens is 222 g/mol. The Morgan fingerprint density at radius 1 is 0.882 bits per heavy atom. The highest BCUT2D eigenvalue weighted by molar-refractivity contribution is 5.83. The van der Waals surface area contributed by atoms with Crippen molar-refractivity contribution < 1.29 is 14.4 Å². The molecule has 2 amide bonds. The van der Waals surface area contributed by atoms with Gasteiger partial charge >= 0.3 is 0 Å². The SMILES string of the molecule is CCNC(=O)CN(CC(C)=O)CC(=O)NCC. The van der Waals surface area contributed by atoms with Crippen LogP contribution in [0, 0.1) is 0 Å². The number of ketones is 1. The van der Waals surface area contributed by atoms with Crippen molar-refractivity contribution in [3.63, 3.8) is 0 Å². The lowest BCUT2D eigenvalue weighted by molar-refractivity contribution is -0.126. The predicted octanol–water partition coefficient (Wildman–Crippen LogP) is -0.850. The van der Waals surface area contributed by atoms with Gasteiger partial charge in [0.2, 0.25) is 11.8 Å². The van der Waals surface area contributed by atoms with E-state index in [0.29, 0.717) is 13.1 Å². The van der Waals surface area contributed by atoms with Crippen LogP contribution in [0.1, 0.15) is 20.8 Å². The van der Waals surface area contributed by atoms with Crippen LogP contribution in [-0.4, -0.2) is 55.2 Å². The van der Waals surface area contributed by atoms with Crippen LogP contribution in [0.5, 0.6) is 0 Å². The second kappa shape index (κ2) is 8.69. The topological polar surface area (TPSA) is 78.5 Å². The number of hydrogen-bond acceptors (Lipinski definition) is 4. The standard InChI is InChI=1S/C11H21N3O3/c1-4-12-10(16)7-14(6-9(3)15)8-11(17)13-5-2/h4-8H2,1-3H3,(H,12,16)(H,13,17). The predicted molar refractivity (Wildman–Crippen MR) is 64.5 cm³/mol. The first kappa shape index (κ1) is 15.6. The number of nitrogens with one attached hydrogen (secondary N) is 2. The Labute approximate surface area is 102 Å². The van der Waals surface area contributed by atoms with Gasteiger partial charge in [0, 0.05) is 13.1 Å². The zero-order valence-electron chi connectivity index (χ0n) is 10.7. The summed E-state index contributed by atoms with van der Waals surface area (Å²) < 4.78 is 0. The van der Waals surface area contributed by atoms with E-state index in [4.69, 9.17) is 0 Å². The summed E-state index contributed by atoms with van der Waals surface area (Å²) in [6, 6.07) is 0. The molecule has 0 heterocycles. The number of carbonyl (C=O) groups is 3. The number of hydrogen-bond donors (Lipinski definition) is 2. The lowest BCUT2D eigenvalue weighted by Gasteiger charge is -2.19. The van der Waals surface area contributed by atoms with Gasteiger partial charge in [-0.25, -0.2) is 0 Å². The Bertz CT molecular complexity index is 259. The lowest BCUT2D eigenvalue weighted by Crippen LogP contribution is -2.44. The fourth-order valence-corrected chi connectivity index (χ4v) is 1.39. The molecule has 0 aliphatic carbocycles. The third kappa shape index (κ3) is 8.38. The molecule has 0 aromatic carbocycles. The first-order valence-corrected chi connectivity index (χ1v) is 5.74. The van der Waals surface area contributed by atoms with Crippen molar-refractivity contribution in [1.29, 1.82) is 0 Å². The van der Waals surface area contributed by atoms with Gasteiger partial charge in [-0.2, -0.15) is 0 Å². The molecule has 0 aromatic heterocycles. The van der Waals surface area contributed by atoms with E-state index in [0.717, 1.165) is 0 Å². The van der Waals surface area contributed by atoms with E-state index in [1.807, 2.05) is 13.8 Å². The second-order valence-corrected chi connectivity index (χ2v) is 3.75. The quantitative estimate of drug-likeness (QED) is 0.582. The maximum absolute atomic E-state index is 11.4. The summed E-state index contributed by atoms with van der Waals surface area (Å²) in [6.07, 6.45) is 0. The van der Waals surface area contributed by atoms with Crippen LogP contribution in [0.3, 0.4) is 0 Å². The van der Waals surface area contributed by atoms with Gasteiger partial charge in [-0.15, -0.1) is 0 Å². The molecule has 0 aromatic rings. The average molecular weight is 243 g/mol. The van der Waals surface area contributed by atoms with E-state index in [2.05, 4.69) is 10.6 Å². The first-order chi connectivity index (χ1) is 7.99. The molecule has 17 heavy (non-hydrogen) atoms. The molecule has 0 rings (SSSR count). The molecule has 0 atom stereocenters. The first-order valence-electron chi connectivity index (χ1n) is 5.74. The Hall–Kier alpha value is -1.43.